The van der Waals surface area contributed by atoms with Crippen LogP contribution in [0.3, 0.4) is 0 Å². The number of carbonyl (C=O) groups is 1. The number of nitrogens with one attached hydrogen (secondary N) is 2. The highest BCUT2D eigenvalue weighted by atomic mass is 127. The van der Waals surface area contributed by atoms with Gasteiger partial charge in [0.05, 0.1) is 6.61 Å². The number of guanidine groups is 1. The minimum absolute atomic E-state index is 0. The summed E-state index contributed by atoms with van der Waals surface area (Å²) < 4.78 is 5.68. The Morgan fingerprint density at radius 3 is 2.54 bits per heavy atom. The molecule has 1 fully saturated rings. The Balaban J connectivity index is 0.00000338. The molecule has 0 aliphatic heterocycles. The SMILES string of the molecule is CCNC(=O)c1ccc(CNC(=NC)N(C)CCOCC2CC2)cc1.I. The Hall–Kier alpha value is -1.35. The highest BCUT2D eigenvalue weighted by molar-refractivity contribution is 14.0. The highest BCUT2D eigenvalue weighted by Crippen LogP contribution is 2.28. The van der Waals surface area contributed by atoms with Crippen LogP contribution in [-0.4, -0.2) is 57.2 Å². The molecule has 0 bridgehead atoms. The van der Waals surface area contributed by atoms with E-state index in [0.29, 0.717) is 18.7 Å². The number of aliphatic imine (C=N–C) groups is 1. The van der Waals surface area contributed by atoms with Crippen molar-refractivity contribution in [1.82, 2.24) is 15.5 Å². The Morgan fingerprint density at radius 1 is 1.27 bits per heavy atom. The van der Waals surface area contributed by atoms with Crippen LogP contribution in [0.4, 0.5) is 0 Å². The molecule has 0 unspecified atom stereocenters. The third-order valence-electron chi connectivity index (χ3n) is 4.20. The van der Waals surface area contributed by atoms with Crippen molar-refractivity contribution >= 4 is 35.8 Å². The number of hydrogen-bond acceptors (Lipinski definition) is 3. The van der Waals surface area contributed by atoms with E-state index in [1.807, 2.05) is 38.2 Å². The van der Waals surface area contributed by atoms with Gasteiger partial charge in [-0.2, -0.15) is 0 Å². The lowest BCUT2D eigenvalue weighted by atomic mass is 10.1. The summed E-state index contributed by atoms with van der Waals surface area (Å²) in [6.07, 6.45) is 2.63. The van der Waals surface area contributed by atoms with Crippen molar-refractivity contribution in [3.05, 3.63) is 35.4 Å². The lowest BCUT2D eigenvalue weighted by molar-refractivity contribution is 0.0956. The Kier molecular flexibility index (Phi) is 10.6. The van der Waals surface area contributed by atoms with Gasteiger partial charge < -0.3 is 20.3 Å². The summed E-state index contributed by atoms with van der Waals surface area (Å²) in [5, 5.41) is 6.14. The minimum Gasteiger partial charge on any atom is -0.379 e. The third kappa shape index (κ3) is 7.90. The lowest BCUT2D eigenvalue weighted by Gasteiger charge is -2.22. The van der Waals surface area contributed by atoms with Gasteiger partial charge in [-0.15, -0.1) is 24.0 Å². The Morgan fingerprint density at radius 2 is 1.96 bits per heavy atom. The molecule has 1 amide bonds. The maximum absolute atomic E-state index is 11.8. The number of rotatable bonds is 9. The molecular formula is C19H31IN4O2. The second kappa shape index (κ2) is 12.1. The summed E-state index contributed by atoms with van der Waals surface area (Å²) in [5.41, 5.74) is 1.78. The summed E-state index contributed by atoms with van der Waals surface area (Å²) in [6, 6.07) is 7.62. The first-order chi connectivity index (χ1) is 12.1. The van der Waals surface area contributed by atoms with E-state index in [1.165, 1.54) is 12.8 Å². The average Bonchev–Trinajstić information content (AvgIpc) is 3.44. The van der Waals surface area contributed by atoms with Crippen LogP contribution >= 0.6 is 24.0 Å². The van der Waals surface area contributed by atoms with Crippen molar-refractivity contribution < 1.29 is 9.53 Å². The van der Waals surface area contributed by atoms with Gasteiger partial charge in [-0.25, -0.2) is 0 Å². The molecule has 0 heterocycles. The highest BCUT2D eigenvalue weighted by Gasteiger charge is 2.21. The molecule has 1 aromatic carbocycles. The normalized spacial score (nSPS) is 13.7. The van der Waals surface area contributed by atoms with Gasteiger partial charge in [0.2, 0.25) is 0 Å². The molecule has 0 aromatic heterocycles. The van der Waals surface area contributed by atoms with Gasteiger partial charge in [-0.1, -0.05) is 12.1 Å². The predicted octanol–water partition coefficient (Wildman–Crippen LogP) is 2.49. The van der Waals surface area contributed by atoms with Crippen LogP contribution in [0, 0.1) is 5.92 Å². The van der Waals surface area contributed by atoms with Crippen molar-refractivity contribution in [2.75, 3.05) is 40.4 Å². The van der Waals surface area contributed by atoms with Crippen LogP contribution < -0.4 is 10.6 Å². The minimum atomic E-state index is -0.0382. The molecule has 6 nitrogen and oxygen atoms in total. The number of carbonyl (C=O) groups excluding carboxylic acids is 1. The van der Waals surface area contributed by atoms with Crippen LogP contribution in [0.25, 0.3) is 0 Å². The first-order valence-corrected chi connectivity index (χ1v) is 9.00. The summed E-state index contributed by atoms with van der Waals surface area (Å²) in [7, 11) is 3.79. The molecule has 1 saturated carbocycles. The number of amides is 1. The van der Waals surface area contributed by atoms with Gasteiger partial charge in [0, 0.05) is 45.9 Å². The molecule has 0 spiro atoms. The molecule has 26 heavy (non-hydrogen) atoms. The van der Waals surface area contributed by atoms with Crippen LogP contribution in [0.15, 0.2) is 29.3 Å². The lowest BCUT2D eigenvalue weighted by Crippen LogP contribution is -2.40. The molecule has 1 aromatic rings. The molecule has 2 N–H and O–H groups in total. The second-order valence-corrected chi connectivity index (χ2v) is 6.40. The zero-order chi connectivity index (χ0) is 18.1. The molecule has 1 aliphatic rings. The molecule has 0 saturated heterocycles. The van der Waals surface area contributed by atoms with E-state index < -0.39 is 0 Å². The third-order valence-corrected chi connectivity index (χ3v) is 4.20. The summed E-state index contributed by atoms with van der Waals surface area (Å²) >= 11 is 0. The molecule has 2 rings (SSSR count). The Bertz CT molecular complexity index is 573. The number of likely N-dealkylation sites (N-methyl/N-ethyl adjacent to an activating group) is 1. The van der Waals surface area contributed by atoms with Crippen LogP contribution in [0.2, 0.25) is 0 Å². The molecule has 1 aliphatic carbocycles. The summed E-state index contributed by atoms with van der Waals surface area (Å²) in [5.74, 6) is 1.59. The predicted molar refractivity (Wildman–Crippen MR) is 116 cm³/mol. The van der Waals surface area contributed by atoms with E-state index in [4.69, 9.17) is 4.74 Å². The fraction of sp³-hybridized carbons (Fsp3) is 0.579. The number of halogens is 1. The molecular weight excluding hydrogens is 443 g/mol. The van der Waals surface area contributed by atoms with Gasteiger partial charge in [-0.05, 0) is 43.4 Å². The van der Waals surface area contributed by atoms with E-state index >= 15 is 0 Å². The van der Waals surface area contributed by atoms with Gasteiger partial charge in [0.1, 0.15) is 0 Å². The van der Waals surface area contributed by atoms with Crippen molar-refractivity contribution in [2.45, 2.75) is 26.3 Å². The monoisotopic (exact) mass is 474 g/mol. The van der Waals surface area contributed by atoms with E-state index in [-0.39, 0.29) is 29.9 Å². The number of benzene rings is 1. The maximum Gasteiger partial charge on any atom is 0.251 e. The van der Waals surface area contributed by atoms with Gasteiger partial charge >= 0.3 is 0 Å². The molecule has 0 radical (unpaired) electrons. The number of ether oxygens (including phenoxy) is 1. The van der Waals surface area contributed by atoms with E-state index in [1.54, 1.807) is 7.05 Å². The average molecular weight is 474 g/mol. The van der Waals surface area contributed by atoms with Gasteiger partial charge in [-0.3, -0.25) is 9.79 Å². The first kappa shape index (κ1) is 22.7. The van der Waals surface area contributed by atoms with Crippen LogP contribution in [0.1, 0.15) is 35.7 Å². The van der Waals surface area contributed by atoms with Gasteiger partial charge in [0.15, 0.2) is 5.96 Å². The van der Waals surface area contributed by atoms with Crippen molar-refractivity contribution in [3.63, 3.8) is 0 Å². The van der Waals surface area contributed by atoms with Gasteiger partial charge in [0.25, 0.3) is 5.91 Å². The van der Waals surface area contributed by atoms with E-state index in [0.717, 1.165) is 37.2 Å². The van der Waals surface area contributed by atoms with Crippen LogP contribution in [-0.2, 0) is 11.3 Å². The molecule has 0 atom stereocenters. The standard InChI is InChI=1S/C19H30N4O2.HI/c1-4-21-18(24)17-9-7-15(8-10-17)13-22-19(20-2)23(3)11-12-25-14-16-5-6-16;/h7-10,16H,4-6,11-14H2,1-3H3,(H,20,22)(H,21,24);1H. The fourth-order valence-corrected chi connectivity index (χ4v) is 2.44. The maximum atomic E-state index is 11.8. The fourth-order valence-electron chi connectivity index (χ4n) is 2.44. The Labute approximate surface area is 173 Å². The van der Waals surface area contributed by atoms with Crippen molar-refractivity contribution in [2.24, 2.45) is 10.9 Å². The molecule has 7 heteroatoms. The largest absolute Gasteiger partial charge is 0.379 e. The van der Waals surface area contributed by atoms with E-state index in [2.05, 4.69) is 20.5 Å². The smallest absolute Gasteiger partial charge is 0.251 e. The summed E-state index contributed by atoms with van der Waals surface area (Å²) in [4.78, 5) is 18.1. The second-order valence-electron chi connectivity index (χ2n) is 6.40. The van der Waals surface area contributed by atoms with Crippen molar-refractivity contribution in [3.8, 4) is 0 Å². The zero-order valence-electron chi connectivity index (χ0n) is 16.0. The summed E-state index contributed by atoms with van der Waals surface area (Å²) in [6.45, 7) is 5.62. The topological polar surface area (TPSA) is 66.0 Å². The first-order valence-electron chi connectivity index (χ1n) is 9.00. The molecule has 146 valence electrons. The number of hydrogen-bond donors (Lipinski definition) is 2. The van der Waals surface area contributed by atoms with E-state index in [9.17, 15) is 4.79 Å². The quantitative estimate of drug-likeness (QED) is 0.250. The number of nitrogens with zero attached hydrogens (tertiary/aromatic N) is 2. The van der Waals surface area contributed by atoms with Crippen molar-refractivity contribution in [1.29, 1.82) is 0 Å². The zero-order valence-corrected chi connectivity index (χ0v) is 18.3. The van der Waals surface area contributed by atoms with Crippen LogP contribution in [0.5, 0.6) is 0 Å².